The molecular formula is C21H23NO3S. The first-order chi connectivity index (χ1) is 12.7. The number of amides is 1. The van der Waals surface area contributed by atoms with Crippen LogP contribution in [0.3, 0.4) is 0 Å². The summed E-state index contributed by atoms with van der Waals surface area (Å²) in [5, 5.41) is 3.72. The van der Waals surface area contributed by atoms with Gasteiger partial charge in [-0.1, -0.05) is 36.8 Å². The van der Waals surface area contributed by atoms with E-state index in [1.54, 1.807) is 11.3 Å². The van der Waals surface area contributed by atoms with Gasteiger partial charge in [-0.3, -0.25) is 4.79 Å². The summed E-state index contributed by atoms with van der Waals surface area (Å²) in [6.07, 6.45) is 6.15. The van der Waals surface area contributed by atoms with Crippen LogP contribution in [-0.2, 0) is 22.4 Å². The Morgan fingerprint density at radius 1 is 1.12 bits per heavy atom. The second-order valence-electron chi connectivity index (χ2n) is 7.11. The number of aryl methyl sites for hydroxylation is 1. The number of carbonyl (C=O) groups excluding carboxylic acids is 2. The van der Waals surface area contributed by atoms with Crippen molar-refractivity contribution < 1.29 is 14.3 Å². The summed E-state index contributed by atoms with van der Waals surface area (Å²) >= 11 is 1.56. The first-order valence-corrected chi connectivity index (χ1v) is 10.1. The zero-order valence-corrected chi connectivity index (χ0v) is 15.7. The molecule has 2 aliphatic rings. The van der Waals surface area contributed by atoms with Crippen LogP contribution in [0.1, 0.15) is 58.0 Å². The summed E-state index contributed by atoms with van der Waals surface area (Å²) in [4.78, 5) is 26.3. The van der Waals surface area contributed by atoms with Crippen molar-refractivity contribution in [1.29, 1.82) is 0 Å². The van der Waals surface area contributed by atoms with Crippen LogP contribution in [0, 0.1) is 5.92 Å². The van der Waals surface area contributed by atoms with E-state index in [4.69, 9.17) is 4.74 Å². The molecular weight excluding hydrogens is 346 g/mol. The lowest BCUT2D eigenvalue weighted by Crippen LogP contribution is -2.16. The molecule has 4 nitrogen and oxygen atoms in total. The van der Waals surface area contributed by atoms with Crippen molar-refractivity contribution >= 4 is 28.2 Å². The number of ether oxygens (including phenoxy) is 1. The Labute approximate surface area is 157 Å². The predicted octanol–water partition coefficient (Wildman–Crippen LogP) is 4.55. The average Bonchev–Trinajstić information content (AvgIpc) is 3.43. The van der Waals surface area contributed by atoms with Crippen molar-refractivity contribution in [2.45, 2.75) is 44.4 Å². The molecule has 1 saturated carbocycles. The molecule has 1 aromatic heterocycles. The molecule has 136 valence electrons. The van der Waals surface area contributed by atoms with Crippen molar-refractivity contribution in [1.82, 2.24) is 0 Å². The van der Waals surface area contributed by atoms with E-state index in [-0.39, 0.29) is 23.7 Å². The lowest BCUT2D eigenvalue weighted by atomic mass is 10.1. The van der Waals surface area contributed by atoms with Gasteiger partial charge in [0.25, 0.3) is 0 Å². The van der Waals surface area contributed by atoms with E-state index in [0.29, 0.717) is 10.6 Å². The Morgan fingerprint density at radius 3 is 2.65 bits per heavy atom. The monoisotopic (exact) mass is 369 g/mol. The van der Waals surface area contributed by atoms with Crippen LogP contribution in [0.4, 0.5) is 5.00 Å². The van der Waals surface area contributed by atoms with Gasteiger partial charge in [0.05, 0.1) is 12.7 Å². The third-order valence-corrected chi connectivity index (χ3v) is 6.61. The Morgan fingerprint density at radius 2 is 1.88 bits per heavy atom. The van der Waals surface area contributed by atoms with E-state index >= 15 is 0 Å². The normalized spacial score (nSPS) is 21.4. The van der Waals surface area contributed by atoms with Crippen LogP contribution in [-0.4, -0.2) is 19.0 Å². The lowest BCUT2D eigenvalue weighted by Gasteiger charge is -2.07. The Bertz CT molecular complexity index is 827. The number of anilines is 1. The largest absolute Gasteiger partial charge is 0.465 e. The molecule has 0 bridgehead atoms. The molecule has 0 spiro atoms. The van der Waals surface area contributed by atoms with Gasteiger partial charge in [0.1, 0.15) is 5.00 Å². The van der Waals surface area contributed by atoms with E-state index in [0.717, 1.165) is 37.7 Å². The number of nitrogens with one attached hydrogen (secondary N) is 1. The summed E-state index contributed by atoms with van der Waals surface area (Å²) in [6.45, 7) is 0. The summed E-state index contributed by atoms with van der Waals surface area (Å²) in [7, 11) is 1.40. The van der Waals surface area contributed by atoms with Crippen LogP contribution in [0.2, 0.25) is 0 Å². The maximum Gasteiger partial charge on any atom is 0.341 e. The number of hydrogen-bond donors (Lipinski definition) is 1. The van der Waals surface area contributed by atoms with Crippen LogP contribution in [0.25, 0.3) is 0 Å². The minimum atomic E-state index is -0.338. The zero-order chi connectivity index (χ0) is 18.1. The predicted molar refractivity (Wildman–Crippen MR) is 103 cm³/mol. The fourth-order valence-corrected chi connectivity index (χ4v) is 5.19. The van der Waals surface area contributed by atoms with E-state index in [1.165, 1.54) is 24.0 Å². The Hall–Kier alpha value is -2.14. The fourth-order valence-electron chi connectivity index (χ4n) is 3.91. The fraction of sp³-hybridized carbons (Fsp3) is 0.429. The second-order valence-corrected chi connectivity index (χ2v) is 8.21. The van der Waals surface area contributed by atoms with E-state index in [2.05, 4.69) is 17.4 Å². The minimum absolute atomic E-state index is 0.00944. The van der Waals surface area contributed by atoms with Crippen LogP contribution in [0.5, 0.6) is 0 Å². The highest BCUT2D eigenvalue weighted by atomic mass is 32.1. The summed E-state index contributed by atoms with van der Waals surface area (Å²) in [6, 6.07) is 10.2. The first-order valence-electron chi connectivity index (χ1n) is 9.27. The average molecular weight is 369 g/mol. The number of carbonyl (C=O) groups is 2. The third kappa shape index (κ3) is 3.28. The molecule has 4 rings (SSSR count). The summed E-state index contributed by atoms with van der Waals surface area (Å²) in [5.74, 6) is -0.0455. The number of benzene rings is 1. The van der Waals surface area contributed by atoms with Gasteiger partial charge in [-0.25, -0.2) is 4.79 Å². The van der Waals surface area contributed by atoms with Crippen molar-refractivity contribution in [3.8, 4) is 0 Å². The minimum Gasteiger partial charge on any atom is -0.465 e. The van der Waals surface area contributed by atoms with Gasteiger partial charge in [0, 0.05) is 10.8 Å². The molecule has 26 heavy (non-hydrogen) atoms. The summed E-state index contributed by atoms with van der Waals surface area (Å²) in [5.41, 5.74) is 2.88. The van der Waals surface area contributed by atoms with Gasteiger partial charge in [-0.2, -0.15) is 0 Å². The molecule has 0 aliphatic heterocycles. The first kappa shape index (κ1) is 17.3. The summed E-state index contributed by atoms with van der Waals surface area (Å²) < 4.78 is 5.01. The quantitative estimate of drug-likeness (QED) is 0.636. The van der Waals surface area contributed by atoms with Crippen molar-refractivity contribution in [2.75, 3.05) is 12.4 Å². The van der Waals surface area contributed by atoms with Crippen molar-refractivity contribution in [3.63, 3.8) is 0 Å². The number of esters is 1. The highest BCUT2D eigenvalue weighted by Gasteiger charge is 2.44. The van der Waals surface area contributed by atoms with E-state index < -0.39 is 0 Å². The van der Waals surface area contributed by atoms with Crippen molar-refractivity contribution in [3.05, 3.63) is 51.9 Å². The number of hydrogen-bond acceptors (Lipinski definition) is 4. The van der Waals surface area contributed by atoms with Gasteiger partial charge in [-0.15, -0.1) is 11.3 Å². The molecule has 1 aromatic carbocycles. The maximum atomic E-state index is 12.7. The topological polar surface area (TPSA) is 55.4 Å². The molecule has 0 saturated heterocycles. The molecule has 2 atom stereocenters. The van der Waals surface area contributed by atoms with Gasteiger partial charge in [-0.05, 0) is 49.1 Å². The maximum absolute atomic E-state index is 12.7. The highest BCUT2D eigenvalue weighted by Crippen LogP contribution is 2.48. The van der Waals surface area contributed by atoms with E-state index in [9.17, 15) is 9.59 Å². The number of methoxy groups -OCH3 is 1. The second kappa shape index (κ2) is 7.23. The standard InChI is InChI=1S/C21H23NO3S/c1-25-21(24)18-14-10-6-3-7-11-17(14)26-20(18)22-19(23)16-12-15(16)13-8-4-2-5-9-13/h2,4-5,8-9,15-16H,3,6-7,10-12H2,1H3,(H,22,23)/t15-,16+/m1/s1. The van der Waals surface area contributed by atoms with E-state index in [1.807, 2.05) is 18.2 Å². The molecule has 1 fully saturated rings. The Balaban J connectivity index is 1.55. The van der Waals surface area contributed by atoms with Crippen LogP contribution < -0.4 is 5.32 Å². The number of thiophene rings is 1. The van der Waals surface area contributed by atoms with Crippen molar-refractivity contribution in [2.24, 2.45) is 5.92 Å². The highest BCUT2D eigenvalue weighted by molar-refractivity contribution is 7.17. The zero-order valence-electron chi connectivity index (χ0n) is 14.9. The van der Waals surface area contributed by atoms with Crippen LogP contribution in [0.15, 0.2) is 30.3 Å². The smallest absolute Gasteiger partial charge is 0.341 e. The molecule has 2 aliphatic carbocycles. The number of rotatable bonds is 4. The third-order valence-electron chi connectivity index (χ3n) is 5.40. The lowest BCUT2D eigenvalue weighted by molar-refractivity contribution is -0.117. The van der Waals surface area contributed by atoms with Gasteiger partial charge in [0.15, 0.2) is 0 Å². The van der Waals surface area contributed by atoms with Gasteiger partial charge in [0.2, 0.25) is 5.91 Å². The SMILES string of the molecule is COC(=O)c1c(NC(=O)[C@H]2C[C@@H]2c2ccccc2)sc2c1CCCCC2. The van der Waals surface area contributed by atoms with Crippen LogP contribution >= 0.6 is 11.3 Å². The van der Waals surface area contributed by atoms with Gasteiger partial charge < -0.3 is 10.1 Å². The molecule has 5 heteroatoms. The molecule has 0 radical (unpaired) electrons. The Kier molecular flexibility index (Phi) is 4.81. The molecule has 2 aromatic rings. The van der Waals surface area contributed by atoms with Gasteiger partial charge >= 0.3 is 5.97 Å². The molecule has 0 unspecified atom stereocenters. The molecule has 1 amide bonds. The molecule has 1 N–H and O–H groups in total. The number of fused-ring (bicyclic) bond motifs is 1. The molecule has 1 heterocycles.